The van der Waals surface area contributed by atoms with Crippen LogP contribution in [-0.2, 0) is 0 Å². The predicted molar refractivity (Wildman–Crippen MR) is 124 cm³/mol. The van der Waals surface area contributed by atoms with Crippen LogP contribution >= 0.6 is 15.9 Å². The highest BCUT2D eigenvalue weighted by atomic mass is 79.9. The number of aromatic hydroxyl groups is 1. The summed E-state index contributed by atoms with van der Waals surface area (Å²) >= 11 is 3.26. The molecule has 0 heterocycles. The lowest BCUT2D eigenvalue weighted by molar-refractivity contribution is 0.0284. The van der Waals surface area contributed by atoms with E-state index in [1.165, 1.54) is 5.01 Å². The molecule has 0 aliphatic heterocycles. The second-order valence-corrected chi connectivity index (χ2v) is 9.71. The van der Waals surface area contributed by atoms with Gasteiger partial charge in [0.15, 0.2) is 0 Å². The van der Waals surface area contributed by atoms with Gasteiger partial charge in [-0.05, 0) is 72.8 Å². The molecule has 5 nitrogen and oxygen atoms in total. The van der Waals surface area contributed by atoms with Crippen LogP contribution in [0.15, 0.2) is 34.8 Å². The molecule has 0 spiro atoms. The van der Waals surface area contributed by atoms with Crippen LogP contribution in [0.2, 0.25) is 0 Å². The predicted octanol–water partition coefficient (Wildman–Crippen LogP) is 5.69. The average molecular weight is 475 g/mol. The molecule has 0 saturated heterocycles. The Labute approximate surface area is 187 Å². The molecule has 2 rings (SSSR count). The second-order valence-electron chi connectivity index (χ2n) is 8.85. The van der Waals surface area contributed by atoms with E-state index < -0.39 is 5.91 Å². The van der Waals surface area contributed by atoms with Gasteiger partial charge >= 0.3 is 0 Å². The standard InChI is InChI=1S/C24H31BrN2O3/c1-8-20(24(5,6)7)27(23(30)17-12-14(2)11-15(3)13-17)26-22(29)18-9-10-19(25)21(28)16(18)4/h9-13,20,28H,8H2,1-7H3,(H,26,29). The maximum atomic E-state index is 13.5. The first-order valence-electron chi connectivity index (χ1n) is 10.1. The highest BCUT2D eigenvalue weighted by Crippen LogP contribution is 2.31. The summed E-state index contributed by atoms with van der Waals surface area (Å²) in [6.45, 7) is 13.7. The molecule has 2 aromatic carbocycles. The molecule has 30 heavy (non-hydrogen) atoms. The summed E-state index contributed by atoms with van der Waals surface area (Å²) in [4.78, 5) is 26.6. The van der Waals surface area contributed by atoms with Crippen molar-refractivity contribution in [2.45, 2.75) is 60.9 Å². The van der Waals surface area contributed by atoms with Gasteiger partial charge in [0, 0.05) is 16.7 Å². The Hall–Kier alpha value is -2.34. The molecule has 0 aliphatic rings. The zero-order valence-corrected chi connectivity index (χ0v) is 20.3. The highest BCUT2D eigenvalue weighted by molar-refractivity contribution is 9.10. The number of hydrogen-bond acceptors (Lipinski definition) is 3. The minimum absolute atomic E-state index is 0.0118. The molecule has 0 radical (unpaired) electrons. The third-order valence-electron chi connectivity index (χ3n) is 5.23. The van der Waals surface area contributed by atoms with Crippen molar-refractivity contribution in [3.8, 4) is 5.75 Å². The molecule has 1 unspecified atom stereocenters. The van der Waals surface area contributed by atoms with E-state index in [2.05, 4.69) is 21.4 Å². The molecule has 0 fully saturated rings. The summed E-state index contributed by atoms with van der Waals surface area (Å²) < 4.78 is 0.515. The summed E-state index contributed by atoms with van der Waals surface area (Å²) in [6, 6.07) is 8.70. The third-order valence-corrected chi connectivity index (χ3v) is 5.87. The van der Waals surface area contributed by atoms with Gasteiger partial charge in [-0.2, -0.15) is 0 Å². The number of nitrogens with one attached hydrogen (secondary N) is 1. The van der Waals surface area contributed by atoms with Crippen LogP contribution in [0.1, 0.15) is 71.5 Å². The number of rotatable bonds is 4. The van der Waals surface area contributed by atoms with Gasteiger partial charge in [-0.25, -0.2) is 5.01 Å². The van der Waals surface area contributed by atoms with Crippen molar-refractivity contribution < 1.29 is 14.7 Å². The van der Waals surface area contributed by atoms with Crippen LogP contribution < -0.4 is 5.43 Å². The minimum atomic E-state index is -0.435. The quantitative estimate of drug-likeness (QED) is 0.558. The molecule has 0 saturated carbocycles. The first-order chi connectivity index (χ1) is 13.9. The summed E-state index contributed by atoms with van der Waals surface area (Å²) in [6.07, 6.45) is 0.672. The first-order valence-corrected chi connectivity index (χ1v) is 10.9. The summed E-state index contributed by atoms with van der Waals surface area (Å²) in [5.74, 6) is -0.677. The summed E-state index contributed by atoms with van der Waals surface area (Å²) in [5.41, 5.74) is 5.85. The van der Waals surface area contributed by atoms with Crippen molar-refractivity contribution in [1.29, 1.82) is 0 Å². The van der Waals surface area contributed by atoms with Crippen LogP contribution in [0.5, 0.6) is 5.75 Å². The monoisotopic (exact) mass is 474 g/mol. The van der Waals surface area contributed by atoms with E-state index >= 15 is 0 Å². The van der Waals surface area contributed by atoms with Gasteiger partial charge < -0.3 is 5.11 Å². The maximum absolute atomic E-state index is 13.5. The zero-order chi connectivity index (χ0) is 22.8. The number of phenols is 1. The number of hydrazine groups is 1. The van der Waals surface area contributed by atoms with E-state index in [1.54, 1.807) is 19.1 Å². The van der Waals surface area contributed by atoms with E-state index in [1.807, 2.05) is 59.7 Å². The Morgan fingerprint density at radius 1 is 1.10 bits per heavy atom. The lowest BCUT2D eigenvalue weighted by Gasteiger charge is -2.39. The van der Waals surface area contributed by atoms with E-state index in [9.17, 15) is 14.7 Å². The van der Waals surface area contributed by atoms with Gasteiger partial charge in [0.25, 0.3) is 11.8 Å². The molecule has 0 aromatic heterocycles. The van der Waals surface area contributed by atoms with Crippen LogP contribution in [0.25, 0.3) is 0 Å². The molecule has 2 amide bonds. The van der Waals surface area contributed by atoms with Gasteiger partial charge in [-0.3, -0.25) is 15.0 Å². The second kappa shape index (κ2) is 9.21. The van der Waals surface area contributed by atoms with E-state index in [-0.39, 0.29) is 23.1 Å². The molecule has 2 aromatic rings. The van der Waals surface area contributed by atoms with Gasteiger partial charge in [-0.15, -0.1) is 0 Å². The fourth-order valence-corrected chi connectivity index (χ4v) is 4.20. The lowest BCUT2D eigenvalue weighted by Crippen LogP contribution is -2.56. The van der Waals surface area contributed by atoms with E-state index in [4.69, 9.17) is 0 Å². The SMILES string of the molecule is CCC(N(NC(=O)c1ccc(Br)c(O)c1C)C(=O)c1cc(C)cc(C)c1)C(C)(C)C. The number of carbonyl (C=O) groups excluding carboxylic acids is 2. The van der Waals surface area contributed by atoms with Crippen molar-refractivity contribution in [1.82, 2.24) is 10.4 Å². The zero-order valence-electron chi connectivity index (χ0n) is 18.8. The van der Waals surface area contributed by atoms with E-state index in [0.29, 0.717) is 27.6 Å². The van der Waals surface area contributed by atoms with Crippen LogP contribution in [0, 0.1) is 26.2 Å². The average Bonchev–Trinajstić information content (AvgIpc) is 2.63. The van der Waals surface area contributed by atoms with Gasteiger partial charge in [0.2, 0.25) is 0 Å². The summed E-state index contributed by atoms with van der Waals surface area (Å²) in [7, 11) is 0. The number of phenolic OH excluding ortho intramolecular Hbond substituents is 1. The van der Waals surface area contributed by atoms with Crippen LogP contribution in [0.4, 0.5) is 0 Å². The highest BCUT2D eigenvalue weighted by Gasteiger charge is 2.34. The van der Waals surface area contributed by atoms with Gasteiger partial charge in [0.1, 0.15) is 5.75 Å². The van der Waals surface area contributed by atoms with Crippen molar-refractivity contribution in [2.75, 3.05) is 0 Å². The van der Waals surface area contributed by atoms with Crippen molar-refractivity contribution in [3.63, 3.8) is 0 Å². The van der Waals surface area contributed by atoms with Crippen molar-refractivity contribution in [2.24, 2.45) is 5.41 Å². The number of aryl methyl sites for hydroxylation is 2. The van der Waals surface area contributed by atoms with Crippen LogP contribution in [0.3, 0.4) is 0 Å². The van der Waals surface area contributed by atoms with Gasteiger partial charge in [0.05, 0.1) is 10.5 Å². The fourth-order valence-electron chi connectivity index (χ4n) is 3.77. The molecular formula is C24H31BrN2O3. The third kappa shape index (κ3) is 5.22. The number of carbonyl (C=O) groups is 2. The number of amides is 2. The largest absolute Gasteiger partial charge is 0.506 e. The molecule has 0 bridgehead atoms. The smallest absolute Gasteiger partial charge is 0.272 e. The Morgan fingerprint density at radius 3 is 2.17 bits per heavy atom. The Bertz CT molecular complexity index is 943. The molecular weight excluding hydrogens is 444 g/mol. The van der Waals surface area contributed by atoms with E-state index in [0.717, 1.165) is 11.1 Å². The van der Waals surface area contributed by atoms with Crippen LogP contribution in [-0.4, -0.2) is 28.0 Å². The number of halogens is 1. The normalized spacial score (nSPS) is 12.4. The summed E-state index contributed by atoms with van der Waals surface area (Å²) in [5, 5.41) is 11.6. The maximum Gasteiger partial charge on any atom is 0.272 e. The number of benzene rings is 2. The van der Waals surface area contributed by atoms with Crippen molar-refractivity contribution in [3.05, 3.63) is 62.6 Å². The molecule has 0 aliphatic carbocycles. The minimum Gasteiger partial charge on any atom is -0.506 e. The molecule has 6 heteroatoms. The molecule has 1 atom stereocenters. The molecule has 2 N–H and O–H groups in total. The van der Waals surface area contributed by atoms with Gasteiger partial charge in [-0.1, -0.05) is 44.9 Å². The Morgan fingerprint density at radius 2 is 1.67 bits per heavy atom. The number of hydrogen-bond donors (Lipinski definition) is 2. The topological polar surface area (TPSA) is 69.6 Å². The fraction of sp³-hybridized carbons (Fsp3) is 0.417. The molecule has 162 valence electrons. The number of nitrogens with zero attached hydrogens (tertiary/aromatic N) is 1. The Balaban J connectivity index is 2.50. The van der Waals surface area contributed by atoms with Crippen molar-refractivity contribution >= 4 is 27.7 Å². The Kier molecular flexibility index (Phi) is 7.35. The lowest BCUT2D eigenvalue weighted by atomic mass is 9.84. The first kappa shape index (κ1) is 23.9.